The number of para-hydroxylation sites is 1. The molecule has 0 radical (unpaired) electrons. The SMILES string of the molecule is C[C@H]1C=Nc2c(N)cccc21. The van der Waals surface area contributed by atoms with Crippen molar-refractivity contribution in [3.63, 3.8) is 0 Å². The van der Waals surface area contributed by atoms with E-state index in [0.29, 0.717) is 5.92 Å². The van der Waals surface area contributed by atoms with Crippen molar-refractivity contribution in [2.24, 2.45) is 4.99 Å². The van der Waals surface area contributed by atoms with Crippen molar-refractivity contribution in [3.05, 3.63) is 23.8 Å². The maximum absolute atomic E-state index is 5.72. The average molecular weight is 146 g/mol. The lowest BCUT2D eigenvalue weighted by Crippen LogP contribution is -1.90. The molecule has 2 rings (SSSR count). The molecular formula is C9H10N2. The molecule has 1 aromatic rings. The second kappa shape index (κ2) is 2.09. The van der Waals surface area contributed by atoms with E-state index in [9.17, 15) is 0 Å². The highest BCUT2D eigenvalue weighted by atomic mass is 14.8. The van der Waals surface area contributed by atoms with Crippen LogP contribution >= 0.6 is 0 Å². The van der Waals surface area contributed by atoms with Crippen molar-refractivity contribution in [3.8, 4) is 0 Å². The number of nitrogens with zero attached hydrogens (tertiary/aromatic N) is 1. The first-order valence-electron chi connectivity index (χ1n) is 3.71. The second-order valence-corrected chi connectivity index (χ2v) is 2.85. The van der Waals surface area contributed by atoms with Gasteiger partial charge in [0.2, 0.25) is 0 Å². The van der Waals surface area contributed by atoms with E-state index >= 15 is 0 Å². The quantitative estimate of drug-likeness (QED) is 0.559. The van der Waals surface area contributed by atoms with Crippen LogP contribution in [0.5, 0.6) is 0 Å². The number of aliphatic imine (C=N–C) groups is 1. The number of fused-ring (bicyclic) bond motifs is 1. The summed E-state index contributed by atoms with van der Waals surface area (Å²) in [4.78, 5) is 4.23. The molecule has 0 amide bonds. The van der Waals surface area contributed by atoms with Crippen molar-refractivity contribution >= 4 is 17.6 Å². The minimum Gasteiger partial charge on any atom is -0.397 e. The van der Waals surface area contributed by atoms with Crippen LogP contribution in [0.4, 0.5) is 11.4 Å². The lowest BCUT2D eigenvalue weighted by molar-refractivity contribution is 1.08. The molecule has 2 N–H and O–H groups in total. The van der Waals surface area contributed by atoms with Gasteiger partial charge in [0.05, 0.1) is 11.4 Å². The summed E-state index contributed by atoms with van der Waals surface area (Å²) in [6.45, 7) is 2.12. The average Bonchev–Trinajstić information content (AvgIpc) is 2.35. The minimum atomic E-state index is 0.425. The van der Waals surface area contributed by atoms with Gasteiger partial charge in [0, 0.05) is 12.1 Å². The van der Waals surface area contributed by atoms with Crippen molar-refractivity contribution in [1.82, 2.24) is 0 Å². The standard InChI is InChI=1S/C9H10N2/c1-6-5-11-9-7(6)3-2-4-8(9)10/h2-6H,10H2,1H3/t6-/m0/s1. The van der Waals surface area contributed by atoms with E-state index in [1.54, 1.807) is 0 Å². The highest BCUT2D eigenvalue weighted by Crippen LogP contribution is 2.35. The zero-order chi connectivity index (χ0) is 7.84. The van der Waals surface area contributed by atoms with Crippen LogP contribution in [0.2, 0.25) is 0 Å². The van der Waals surface area contributed by atoms with Crippen molar-refractivity contribution < 1.29 is 0 Å². The maximum atomic E-state index is 5.72. The molecule has 0 aliphatic carbocycles. The summed E-state index contributed by atoms with van der Waals surface area (Å²) in [5.41, 5.74) is 8.70. The summed E-state index contributed by atoms with van der Waals surface area (Å²) in [6.07, 6.45) is 1.93. The molecule has 2 heteroatoms. The largest absolute Gasteiger partial charge is 0.397 e. The Labute approximate surface area is 65.8 Å². The van der Waals surface area contributed by atoms with Gasteiger partial charge in [0.15, 0.2) is 0 Å². The second-order valence-electron chi connectivity index (χ2n) is 2.85. The van der Waals surface area contributed by atoms with Crippen LogP contribution in [-0.4, -0.2) is 6.21 Å². The summed E-state index contributed by atoms with van der Waals surface area (Å²) < 4.78 is 0. The molecule has 0 saturated carbocycles. The first kappa shape index (κ1) is 6.40. The zero-order valence-corrected chi connectivity index (χ0v) is 6.41. The van der Waals surface area contributed by atoms with E-state index in [1.807, 2.05) is 18.3 Å². The normalized spacial score (nSPS) is 20.3. The zero-order valence-electron chi connectivity index (χ0n) is 6.41. The molecule has 56 valence electrons. The molecule has 11 heavy (non-hydrogen) atoms. The van der Waals surface area contributed by atoms with Gasteiger partial charge < -0.3 is 5.73 Å². The Kier molecular flexibility index (Phi) is 1.22. The monoisotopic (exact) mass is 146 g/mol. The fourth-order valence-corrected chi connectivity index (χ4v) is 1.36. The third-order valence-electron chi connectivity index (χ3n) is 2.02. The number of hydrogen-bond acceptors (Lipinski definition) is 2. The van der Waals surface area contributed by atoms with Crippen LogP contribution in [0.1, 0.15) is 18.4 Å². The molecule has 0 aromatic heterocycles. The van der Waals surface area contributed by atoms with Gasteiger partial charge in [-0.3, -0.25) is 4.99 Å². The molecule has 0 unspecified atom stereocenters. The highest BCUT2D eigenvalue weighted by molar-refractivity contribution is 5.85. The molecule has 2 nitrogen and oxygen atoms in total. The van der Waals surface area contributed by atoms with Gasteiger partial charge in [-0.15, -0.1) is 0 Å². The Balaban J connectivity index is 2.65. The predicted octanol–water partition coefficient (Wildman–Crippen LogP) is 2.09. The molecule has 0 saturated heterocycles. The summed E-state index contributed by atoms with van der Waals surface area (Å²) in [6, 6.07) is 5.93. The molecule has 1 aromatic carbocycles. The van der Waals surface area contributed by atoms with E-state index < -0.39 is 0 Å². The van der Waals surface area contributed by atoms with Gasteiger partial charge in [-0.2, -0.15) is 0 Å². The highest BCUT2D eigenvalue weighted by Gasteiger charge is 2.15. The van der Waals surface area contributed by atoms with E-state index in [2.05, 4.69) is 18.0 Å². The van der Waals surface area contributed by atoms with E-state index in [-0.39, 0.29) is 0 Å². The van der Waals surface area contributed by atoms with Gasteiger partial charge in [-0.05, 0) is 11.6 Å². The van der Waals surface area contributed by atoms with Crippen molar-refractivity contribution in [1.29, 1.82) is 0 Å². The van der Waals surface area contributed by atoms with Gasteiger partial charge in [-0.25, -0.2) is 0 Å². The smallest absolute Gasteiger partial charge is 0.0893 e. The summed E-state index contributed by atoms with van der Waals surface area (Å²) in [7, 11) is 0. The number of rotatable bonds is 0. The predicted molar refractivity (Wildman–Crippen MR) is 47.4 cm³/mol. The van der Waals surface area contributed by atoms with Crippen LogP contribution in [0.25, 0.3) is 0 Å². The molecule has 1 atom stereocenters. The first-order valence-corrected chi connectivity index (χ1v) is 3.71. The molecule has 0 spiro atoms. The molecule has 1 aliphatic rings. The van der Waals surface area contributed by atoms with Crippen LogP contribution in [0.15, 0.2) is 23.2 Å². The number of nitrogens with two attached hydrogens (primary N) is 1. The fourth-order valence-electron chi connectivity index (χ4n) is 1.36. The van der Waals surface area contributed by atoms with Crippen molar-refractivity contribution in [2.75, 3.05) is 5.73 Å². The molecule has 0 bridgehead atoms. The number of nitrogen functional groups attached to an aromatic ring is 1. The number of hydrogen-bond donors (Lipinski definition) is 1. The Morgan fingerprint density at radius 3 is 3.00 bits per heavy atom. The number of anilines is 1. The van der Waals surface area contributed by atoms with Gasteiger partial charge in [-0.1, -0.05) is 19.1 Å². The van der Waals surface area contributed by atoms with E-state index in [4.69, 9.17) is 5.73 Å². The maximum Gasteiger partial charge on any atom is 0.0893 e. The summed E-state index contributed by atoms with van der Waals surface area (Å²) in [5.74, 6) is 0.425. The third kappa shape index (κ3) is 0.827. The lowest BCUT2D eigenvalue weighted by atomic mass is 10.0. The van der Waals surface area contributed by atoms with Gasteiger partial charge >= 0.3 is 0 Å². The van der Waals surface area contributed by atoms with Crippen LogP contribution in [-0.2, 0) is 0 Å². The van der Waals surface area contributed by atoms with E-state index in [1.165, 1.54) is 5.56 Å². The minimum absolute atomic E-state index is 0.425. The van der Waals surface area contributed by atoms with Crippen molar-refractivity contribution in [2.45, 2.75) is 12.8 Å². The molecule has 0 fully saturated rings. The fraction of sp³-hybridized carbons (Fsp3) is 0.222. The molecule has 1 heterocycles. The Morgan fingerprint density at radius 1 is 1.45 bits per heavy atom. The Hall–Kier alpha value is -1.31. The molecular weight excluding hydrogens is 136 g/mol. The topological polar surface area (TPSA) is 38.4 Å². The van der Waals surface area contributed by atoms with Gasteiger partial charge in [0.25, 0.3) is 0 Å². The Morgan fingerprint density at radius 2 is 2.27 bits per heavy atom. The number of benzene rings is 1. The van der Waals surface area contributed by atoms with Gasteiger partial charge in [0.1, 0.15) is 0 Å². The van der Waals surface area contributed by atoms with Crippen LogP contribution in [0.3, 0.4) is 0 Å². The Bertz CT molecular complexity index is 315. The summed E-state index contributed by atoms with van der Waals surface area (Å²) in [5, 5.41) is 0. The molecule has 1 aliphatic heterocycles. The van der Waals surface area contributed by atoms with Crippen LogP contribution in [0, 0.1) is 0 Å². The third-order valence-corrected chi connectivity index (χ3v) is 2.02. The first-order chi connectivity index (χ1) is 5.29. The van der Waals surface area contributed by atoms with E-state index in [0.717, 1.165) is 11.4 Å². The summed E-state index contributed by atoms with van der Waals surface area (Å²) >= 11 is 0. The lowest BCUT2D eigenvalue weighted by Gasteiger charge is -2.03. The van der Waals surface area contributed by atoms with Crippen LogP contribution < -0.4 is 5.73 Å².